The third kappa shape index (κ3) is 3.82. The highest BCUT2D eigenvalue weighted by atomic mass is 19.2. The molecule has 1 aromatic heterocycles. The van der Waals surface area contributed by atoms with Crippen LogP contribution in [0.4, 0.5) is 32.1 Å². The number of nitrogens with two attached hydrogens (primary N) is 1. The maximum absolute atomic E-state index is 13.4. The zero-order valence-corrected chi connectivity index (χ0v) is 15.5. The van der Waals surface area contributed by atoms with E-state index >= 15 is 0 Å². The molecular formula is C19H20F2N6O2. The standard InChI is InChI=1S/C19H20F2N6O2/c20-12-5-4-10(8-13(12)21)23-18(29)11-9-14(28)24-17-15(11)16(22)25-19(26-17)27-6-2-1-3-7-27/h4-5,8,11H,1-3,6-7,9H2,(H,23,29)(H3,22,24,25,26,28). The summed E-state index contributed by atoms with van der Waals surface area (Å²) in [5.74, 6) is -3.27. The molecule has 29 heavy (non-hydrogen) atoms. The molecule has 0 radical (unpaired) electrons. The quantitative estimate of drug-likeness (QED) is 0.727. The number of amides is 2. The molecule has 8 nitrogen and oxygen atoms in total. The van der Waals surface area contributed by atoms with Gasteiger partial charge in [-0.1, -0.05) is 0 Å². The summed E-state index contributed by atoms with van der Waals surface area (Å²) in [6.45, 7) is 1.60. The number of nitrogens with zero attached hydrogens (tertiary/aromatic N) is 3. The normalized spacial score (nSPS) is 18.8. The van der Waals surface area contributed by atoms with E-state index in [1.165, 1.54) is 6.07 Å². The number of nitrogens with one attached hydrogen (secondary N) is 2. The van der Waals surface area contributed by atoms with Gasteiger partial charge in [0, 0.05) is 31.3 Å². The molecule has 4 N–H and O–H groups in total. The van der Waals surface area contributed by atoms with Crippen LogP contribution >= 0.6 is 0 Å². The van der Waals surface area contributed by atoms with Gasteiger partial charge in [-0.2, -0.15) is 9.97 Å². The molecule has 1 aromatic carbocycles. The molecule has 1 atom stereocenters. The summed E-state index contributed by atoms with van der Waals surface area (Å²) in [5.41, 5.74) is 6.54. The number of rotatable bonds is 3. The molecule has 0 saturated carbocycles. The van der Waals surface area contributed by atoms with Crippen LogP contribution in [-0.2, 0) is 9.59 Å². The fourth-order valence-corrected chi connectivity index (χ4v) is 3.65. The van der Waals surface area contributed by atoms with Gasteiger partial charge in [0.25, 0.3) is 0 Å². The van der Waals surface area contributed by atoms with Gasteiger partial charge in [0.05, 0.1) is 11.5 Å². The highest BCUT2D eigenvalue weighted by molar-refractivity contribution is 6.05. The maximum Gasteiger partial charge on any atom is 0.232 e. The maximum atomic E-state index is 13.4. The smallest absolute Gasteiger partial charge is 0.232 e. The Morgan fingerprint density at radius 1 is 1.17 bits per heavy atom. The first-order chi connectivity index (χ1) is 13.9. The molecule has 1 unspecified atom stereocenters. The molecule has 3 heterocycles. The van der Waals surface area contributed by atoms with Crippen molar-refractivity contribution in [2.75, 3.05) is 34.4 Å². The van der Waals surface area contributed by atoms with E-state index in [1.807, 2.05) is 4.90 Å². The Kier molecular flexibility index (Phi) is 4.99. The van der Waals surface area contributed by atoms with Gasteiger partial charge in [-0.3, -0.25) is 9.59 Å². The molecular weight excluding hydrogens is 382 g/mol. The van der Waals surface area contributed by atoms with Crippen molar-refractivity contribution in [2.45, 2.75) is 31.6 Å². The van der Waals surface area contributed by atoms with E-state index < -0.39 is 23.5 Å². The van der Waals surface area contributed by atoms with Gasteiger partial charge in [-0.05, 0) is 31.4 Å². The Labute approximate surface area is 165 Å². The second-order valence-corrected chi connectivity index (χ2v) is 7.14. The van der Waals surface area contributed by atoms with Gasteiger partial charge in [0.1, 0.15) is 11.6 Å². The van der Waals surface area contributed by atoms with Crippen LogP contribution in [0.15, 0.2) is 18.2 Å². The number of halogens is 2. The summed E-state index contributed by atoms with van der Waals surface area (Å²) in [4.78, 5) is 35.7. The van der Waals surface area contributed by atoms with Crippen molar-refractivity contribution in [3.05, 3.63) is 35.4 Å². The number of hydrogen-bond acceptors (Lipinski definition) is 6. The van der Waals surface area contributed by atoms with Crippen LogP contribution in [0, 0.1) is 11.6 Å². The zero-order chi connectivity index (χ0) is 20.5. The van der Waals surface area contributed by atoms with Gasteiger partial charge >= 0.3 is 0 Å². The van der Waals surface area contributed by atoms with Crippen LogP contribution in [0.5, 0.6) is 0 Å². The Bertz CT molecular complexity index is 977. The van der Waals surface area contributed by atoms with E-state index in [0.717, 1.165) is 44.5 Å². The zero-order valence-electron chi connectivity index (χ0n) is 15.5. The SMILES string of the molecule is Nc1nc(N2CCCCC2)nc2c1C(C(=O)Nc1ccc(F)c(F)c1)CC(=O)N2. The predicted octanol–water partition coefficient (Wildman–Crippen LogP) is 2.39. The van der Waals surface area contributed by atoms with E-state index in [9.17, 15) is 18.4 Å². The summed E-state index contributed by atoms with van der Waals surface area (Å²) in [6.07, 6.45) is 3.02. The van der Waals surface area contributed by atoms with Crippen LogP contribution in [0.2, 0.25) is 0 Å². The van der Waals surface area contributed by atoms with Crippen molar-refractivity contribution < 1.29 is 18.4 Å². The average molecular weight is 402 g/mol. The molecule has 1 fully saturated rings. The van der Waals surface area contributed by atoms with E-state index in [2.05, 4.69) is 20.6 Å². The molecule has 1 saturated heterocycles. The molecule has 2 amide bonds. The Hall–Kier alpha value is -3.30. The number of aromatic nitrogens is 2. The van der Waals surface area contributed by atoms with Gasteiger partial charge in [0.15, 0.2) is 11.6 Å². The van der Waals surface area contributed by atoms with Crippen molar-refractivity contribution in [1.82, 2.24) is 9.97 Å². The lowest BCUT2D eigenvalue weighted by Gasteiger charge is -2.30. The van der Waals surface area contributed by atoms with Gasteiger partial charge in [0.2, 0.25) is 17.8 Å². The van der Waals surface area contributed by atoms with E-state index in [0.29, 0.717) is 11.5 Å². The number of piperidine rings is 1. The number of nitrogen functional groups attached to an aromatic ring is 1. The van der Waals surface area contributed by atoms with Crippen LogP contribution < -0.4 is 21.3 Å². The third-order valence-electron chi connectivity index (χ3n) is 5.10. The second-order valence-electron chi connectivity index (χ2n) is 7.14. The van der Waals surface area contributed by atoms with E-state index in [-0.39, 0.29) is 29.7 Å². The Morgan fingerprint density at radius 2 is 1.93 bits per heavy atom. The minimum absolute atomic E-state index is 0.0749. The lowest BCUT2D eigenvalue weighted by atomic mass is 9.92. The molecule has 152 valence electrons. The molecule has 4 rings (SSSR count). The highest BCUT2D eigenvalue weighted by Crippen LogP contribution is 2.37. The van der Waals surface area contributed by atoms with Crippen LogP contribution in [0.25, 0.3) is 0 Å². The first kappa shape index (κ1) is 19.0. The second kappa shape index (κ2) is 7.61. The summed E-state index contributed by atoms with van der Waals surface area (Å²) < 4.78 is 26.5. The largest absolute Gasteiger partial charge is 0.383 e. The Morgan fingerprint density at radius 3 is 2.66 bits per heavy atom. The summed E-state index contributed by atoms with van der Waals surface area (Å²) in [6, 6.07) is 3.02. The highest BCUT2D eigenvalue weighted by Gasteiger charge is 2.35. The van der Waals surface area contributed by atoms with Crippen LogP contribution in [0.3, 0.4) is 0 Å². The molecule has 0 aliphatic carbocycles. The van der Waals surface area contributed by atoms with Gasteiger partial charge in [-0.25, -0.2) is 8.78 Å². The number of anilines is 4. The minimum atomic E-state index is -1.08. The lowest BCUT2D eigenvalue weighted by molar-refractivity contribution is -0.123. The van der Waals surface area contributed by atoms with Crippen LogP contribution in [-0.4, -0.2) is 34.9 Å². The molecule has 2 aromatic rings. The van der Waals surface area contributed by atoms with Crippen molar-refractivity contribution in [3.8, 4) is 0 Å². The van der Waals surface area contributed by atoms with Gasteiger partial charge < -0.3 is 21.3 Å². The topological polar surface area (TPSA) is 113 Å². The monoisotopic (exact) mass is 402 g/mol. The van der Waals surface area contributed by atoms with Crippen molar-refractivity contribution in [2.24, 2.45) is 0 Å². The number of fused-ring (bicyclic) bond motifs is 1. The number of carbonyl (C=O) groups is 2. The first-order valence-electron chi connectivity index (χ1n) is 9.40. The van der Waals surface area contributed by atoms with Crippen molar-refractivity contribution in [1.29, 1.82) is 0 Å². The average Bonchev–Trinajstić information content (AvgIpc) is 2.70. The summed E-state index contributed by atoms with van der Waals surface area (Å²) in [5, 5.41) is 5.16. The van der Waals surface area contributed by atoms with E-state index in [4.69, 9.17) is 5.73 Å². The fourth-order valence-electron chi connectivity index (χ4n) is 3.65. The number of benzene rings is 1. The lowest BCUT2D eigenvalue weighted by Crippen LogP contribution is -2.35. The fraction of sp³-hybridized carbons (Fsp3) is 0.368. The Balaban J connectivity index is 1.63. The summed E-state index contributed by atoms with van der Waals surface area (Å²) in [7, 11) is 0. The first-order valence-corrected chi connectivity index (χ1v) is 9.40. The van der Waals surface area contributed by atoms with Crippen LogP contribution in [0.1, 0.15) is 37.2 Å². The van der Waals surface area contributed by atoms with Crippen molar-refractivity contribution in [3.63, 3.8) is 0 Å². The number of carbonyl (C=O) groups excluding carboxylic acids is 2. The molecule has 2 aliphatic rings. The predicted molar refractivity (Wildman–Crippen MR) is 103 cm³/mol. The molecule has 0 spiro atoms. The number of hydrogen-bond donors (Lipinski definition) is 3. The van der Waals surface area contributed by atoms with E-state index in [1.54, 1.807) is 0 Å². The molecule has 10 heteroatoms. The molecule has 2 aliphatic heterocycles. The third-order valence-corrected chi connectivity index (χ3v) is 5.10. The van der Waals surface area contributed by atoms with Gasteiger partial charge in [-0.15, -0.1) is 0 Å². The minimum Gasteiger partial charge on any atom is -0.383 e. The molecule has 0 bridgehead atoms. The summed E-state index contributed by atoms with van der Waals surface area (Å²) >= 11 is 0. The van der Waals surface area contributed by atoms with Crippen molar-refractivity contribution >= 4 is 35.1 Å².